The number of amides is 2. The predicted molar refractivity (Wildman–Crippen MR) is 148 cm³/mol. The molecule has 0 saturated heterocycles. The van der Waals surface area contributed by atoms with Gasteiger partial charge >= 0.3 is 6.03 Å². The number of fused-ring (bicyclic) bond motifs is 1. The summed E-state index contributed by atoms with van der Waals surface area (Å²) in [5, 5.41) is 2.86. The number of aromatic nitrogens is 4. The topological polar surface area (TPSA) is 103 Å². The number of imidazole rings is 1. The molecular formula is C28H36F2N6O4. The smallest absolute Gasteiger partial charge is 0.318 e. The van der Waals surface area contributed by atoms with E-state index in [0.717, 1.165) is 0 Å². The Hall–Kier alpha value is -4.06. The largest absolute Gasteiger partial charge is 0.494 e. The number of hydrogen-bond donors (Lipinski definition) is 1. The Labute approximate surface area is 232 Å². The van der Waals surface area contributed by atoms with E-state index in [2.05, 4.69) is 28.4 Å². The molecule has 3 aromatic rings. The molecule has 0 bridgehead atoms. The van der Waals surface area contributed by atoms with Crippen molar-refractivity contribution in [3.63, 3.8) is 0 Å². The van der Waals surface area contributed by atoms with Crippen LogP contribution in [0.4, 0.5) is 13.6 Å². The molecule has 0 saturated carbocycles. The second-order valence-electron chi connectivity index (χ2n) is 8.89. The molecule has 0 spiro atoms. The van der Waals surface area contributed by atoms with E-state index in [0.29, 0.717) is 60.2 Å². The monoisotopic (exact) mass is 558 g/mol. The lowest BCUT2D eigenvalue weighted by molar-refractivity contribution is 0.0102. The van der Waals surface area contributed by atoms with Gasteiger partial charge in [-0.15, -0.1) is 13.2 Å². The quantitative estimate of drug-likeness (QED) is 0.193. The van der Waals surface area contributed by atoms with Gasteiger partial charge in [-0.25, -0.2) is 23.5 Å². The van der Waals surface area contributed by atoms with Crippen molar-refractivity contribution in [2.45, 2.75) is 45.2 Å². The summed E-state index contributed by atoms with van der Waals surface area (Å²) in [6.45, 7) is 11.1. The molecule has 12 heteroatoms. The Morgan fingerprint density at radius 1 is 1.25 bits per heavy atom. The Morgan fingerprint density at radius 3 is 2.73 bits per heavy atom. The van der Waals surface area contributed by atoms with E-state index in [1.54, 1.807) is 42.8 Å². The Balaban J connectivity index is 1.88. The maximum atomic E-state index is 13.2. The molecule has 3 rings (SSSR count). The molecule has 3 heterocycles. The van der Waals surface area contributed by atoms with Crippen molar-refractivity contribution in [3.05, 3.63) is 61.9 Å². The fourth-order valence-corrected chi connectivity index (χ4v) is 4.10. The third kappa shape index (κ3) is 7.75. The Kier molecular flexibility index (Phi) is 11.4. The van der Waals surface area contributed by atoms with Crippen LogP contribution in [0.3, 0.4) is 0 Å². The molecule has 216 valence electrons. The van der Waals surface area contributed by atoms with E-state index >= 15 is 0 Å². The fourth-order valence-electron chi connectivity index (χ4n) is 4.10. The first-order valence-corrected chi connectivity index (χ1v) is 13.0. The van der Waals surface area contributed by atoms with Crippen LogP contribution in [-0.2, 0) is 4.74 Å². The highest BCUT2D eigenvalue weighted by molar-refractivity contribution is 5.75. The van der Waals surface area contributed by atoms with Crippen molar-refractivity contribution < 1.29 is 27.8 Å². The number of halogens is 2. The standard InChI is InChI=1S/C28H36F2N6O4/c1-6-9-13-40-27-26-31-11-12-35(26)16-23(34-27)21-14-22(32-15-24(21)38-5)19(4)36(8-3)28(37)33-20(10-7-2)17-39-18-25(29)30/h6-7,11-12,14-16,19-20,25H,1-2,8-10,13,17-18H2,3-5H3,(H,33,37)/t19-,20?/m1/s1. The number of nitrogens with one attached hydrogen (secondary N) is 1. The van der Waals surface area contributed by atoms with Crippen molar-refractivity contribution in [3.8, 4) is 22.9 Å². The minimum atomic E-state index is -2.58. The van der Waals surface area contributed by atoms with Gasteiger partial charge in [-0.1, -0.05) is 12.2 Å². The fraction of sp³-hybridized carbons (Fsp3) is 0.429. The third-order valence-corrected chi connectivity index (χ3v) is 6.13. The van der Waals surface area contributed by atoms with Gasteiger partial charge in [-0.3, -0.25) is 4.98 Å². The van der Waals surface area contributed by atoms with Crippen LogP contribution in [0.15, 0.2) is 56.2 Å². The summed E-state index contributed by atoms with van der Waals surface area (Å²) >= 11 is 0. The molecule has 1 unspecified atom stereocenters. The van der Waals surface area contributed by atoms with Gasteiger partial charge in [0.2, 0.25) is 5.65 Å². The lowest BCUT2D eigenvalue weighted by Crippen LogP contribution is -2.47. The molecule has 1 N–H and O–H groups in total. The highest BCUT2D eigenvalue weighted by atomic mass is 19.3. The summed E-state index contributed by atoms with van der Waals surface area (Å²) < 4.78 is 43.3. The molecule has 0 aliphatic carbocycles. The molecule has 2 amide bonds. The molecule has 0 aliphatic rings. The third-order valence-electron chi connectivity index (χ3n) is 6.13. The summed E-state index contributed by atoms with van der Waals surface area (Å²) in [7, 11) is 1.54. The summed E-state index contributed by atoms with van der Waals surface area (Å²) in [5.41, 5.74) is 2.41. The van der Waals surface area contributed by atoms with Crippen molar-refractivity contribution >= 4 is 11.7 Å². The average molecular weight is 559 g/mol. The van der Waals surface area contributed by atoms with Crippen LogP contribution >= 0.6 is 0 Å². The van der Waals surface area contributed by atoms with Gasteiger partial charge in [0.05, 0.1) is 50.0 Å². The number of carbonyl (C=O) groups is 1. The van der Waals surface area contributed by atoms with E-state index in [4.69, 9.17) is 19.2 Å². The van der Waals surface area contributed by atoms with Crippen LogP contribution in [0.1, 0.15) is 38.4 Å². The number of carbonyl (C=O) groups excluding carboxylic acids is 1. The number of pyridine rings is 1. The lowest BCUT2D eigenvalue weighted by atomic mass is 10.1. The maximum absolute atomic E-state index is 13.2. The van der Waals surface area contributed by atoms with Gasteiger partial charge in [-0.05, 0) is 32.8 Å². The molecular weight excluding hydrogens is 522 g/mol. The SMILES string of the molecule is C=CCCOc1nc(-c2cc([C@@H](C)N(CC)C(=O)NC(CC=C)COCC(F)F)ncc2OC)cn2ccnc12. The van der Waals surface area contributed by atoms with E-state index in [1.807, 2.05) is 30.5 Å². The van der Waals surface area contributed by atoms with Crippen LogP contribution in [0, 0.1) is 0 Å². The zero-order valence-corrected chi connectivity index (χ0v) is 23.1. The van der Waals surface area contributed by atoms with E-state index in [9.17, 15) is 13.6 Å². The maximum Gasteiger partial charge on any atom is 0.318 e. The van der Waals surface area contributed by atoms with Crippen LogP contribution in [-0.4, -0.2) is 76.2 Å². The lowest BCUT2D eigenvalue weighted by Gasteiger charge is -2.30. The van der Waals surface area contributed by atoms with Crippen molar-refractivity contribution in [2.24, 2.45) is 0 Å². The van der Waals surface area contributed by atoms with Crippen molar-refractivity contribution in [1.82, 2.24) is 29.6 Å². The predicted octanol–water partition coefficient (Wildman–Crippen LogP) is 5.07. The number of rotatable bonds is 16. The molecule has 3 aromatic heterocycles. The molecule has 0 aliphatic heterocycles. The van der Waals surface area contributed by atoms with Gasteiger partial charge in [0, 0.05) is 30.7 Å². The molecule has 0 radical (unpaired) electrons. The van der Waals surface area contributed by atoms with Gasteiger partial charge in [-0.2, -0.15) is 0 Å². The highest BCUT2D eigenvalue weighted by Gasteiger charge is 2.25. The number of nitrogens with zero attached hydrogens (tertiary/aromatic N) is 5. The summed E-state index contributed by atoms with van der Waals surface area (Å²) in [6, 6.07) is 0.499. The highest BCUT2D eigenvalue weighted by Crippen LogP contribution is 2.33. The van der Waals surface area contributed by atoms with Gasteiger partial charge in [0.15, 0.2) is 0 Å². The second kappa shape index (κ2) is 14.9. The van der Waals surface area contributed by atoms with Gasteiger partial charge in [0.1, 0.15) is 12.4 Å². The first-order valence-electron chi connectivity index (χ1n) is 13.0. The second-order valence-corrected chi connectivity index (χ2v) is 8.89. The normalized spacial score (nSPS) is 12.7. The van der Waals surface area contributed by atoms with Crippen LogP contribution in [0.2, 0.25) is 0 Å². The Bertz CT molecular complexity index is 1280. The number of urea groups is 1. The zero-order valence-electron chi connectivity index (χ0n) is 23.1. The first-order chi connectivity index (χ1) is 19.3. The van der Waals surface area contributed by atoms with Crippen LogP contribution in [0.25, 0.3) is 16.9 Å². The van der Waals surface area contributed by atoms with E-state index in [1.165, 1.54) is 0 Å². The number of ether oxygens (including phenoxy) is 3. The average Bonchev–Trinajstić information content (AvgIpc) is 3.42. The summed E-state index contributed by atoms with van der Waals surface area (Å²) in [4.78, 5) is 28.4. The van der Waals surface area contributed by atoms with E-state index in [-0.39, 0.29) is 12.6 Å². The van der Waals surface area contributed by atoms with Crippen LogP contribution in [0.5, 0.6) is 11.6 Å². The number of alkyl halides is 2. The molecule has 10 nitrogen and oxygen atoms in total. The van der Waals surface area contributed by atoms with Gasteiger partial charge < -0.3 is 28.8 Å². The molecule has 0 fully saturated rings. The Morgan fingerprint density at radius 2 is 2.05 bits per heavy atom. The van der Waals surface area contributed by atoms with Crippen molar-refractivity contribution in [2.75, 3.05) is 33.5 Å². The minimum Gasteiger partial charge on any atom is -0.494 e. The molecule has 2 atom stereocenters. The van der Waals surface area contributed by atoms with Crippen molar-refractivity contribution in [1.29, 1.82) is 0 Å². The number of hydrogen-bond acceptors (Lipinski definition) is 7. The molecule has 40 heavy (non-hydrogen) atoms. The number of methoxy groups -OCH3 is 1. The summed E-state index contributed by atoms with van der Waals surface area (Å²) in [6.07, 6.45) is 8.67. The molecule has 0 aromatic carbocycles. The minimum absolute atomic E-state index is 0.0570. The zero-order chi connectivity index (χ0) is 29.1. The van der Waals surface area contributed by atoms with Gasteiger partial charge in [0.25, 0.3) is 12.3 Å². The van der Waals surface area contributed by atoms with Crippen LogP contribution < -0.4 is 14.8 Å². The van der Waals surface area contributed by atoms with E-state index < -0.39 is 25.1 Å². The first kappa shape index (κ1) is 30.5. The summed E-state index contributed by atoms with van der Waals surface area (Å²) in [5.74, 6) is 0.865.